The van der Waals surface area contributed by atoms with Crippen LogP contribution in [0, 0.1) is 6.92 Å². The summed E-state index contributed by atoms with van der Waals surface area (Å²) in [6.07, 6.45) is -4.63. The van der Waals surface area contributed by atoms with Gasteiger partial charge in [0.2, 0.25) is 0 Å². The number of alkyl halides is 3. The Hall–Kier alpha value is -3.41. The Bertz CT molecular complexity index is 1040. The van der Waals surface area contributed by atoms with Crippen LogP contribution >= 0.6 is 0 Å². The van der Waals surface area contributed by atoms with Crippen LogP contribution in [-0.4, -0.2) is 66.6 Å². The SMILES string of the molecule is CCNC(=O)Nc1cc(CN2CCN(c3ccc(C(=O)NC)nc3C)CC2)cc(C(F)(F)F)n1. The zero-order valence-corrected chi connectivity index (χ0v) is 19.3. The third-order valence-corrected chi connectivity index (χ3v) is 5.39. The van der Waals surface area contributed by atoms with Gasteiger partial charge in [-0.2, -0.15) is 13.2 Å². The number of aromatic nitrogens is 2. The second-order valence-electron chi connectivity index (χ2n) is 7.87. The monoisotopic (exact) mass is 479 g/mol. The first-order valence-corrected chi connectivity index (χ1v) is 10.9. The molecule has 12 heteroatoms. The quantitative estimate of drug-likeness (QED) is 0.589. The molecule has 3 rings (SSSR count). The van der Waals surface area contributed by atoms with Crippen molar-refractivity contribution in [3.05, 3.63) is 46.9 Å². The molecule has 0 atom stereocenters. The zero-order chi connectivity index (χ0) is 24.9. The number of carbonyl (C=O) groups excluding carboxylic acids is 2. The van der Waals surface area contributed by atoms with Crippen LogP contribution in [-0.2, 0) is 12.7 Å². The third-order valence-electron chi connectivity index (χ3n) is 5.39. The summed E-state index contributed by atoms with van der Waals surface area (Å²) < 4.78 is 40.0. The molecule has 1 saturated heterocycles. The van der Waals surface area contributed by atoms with Crippen LogP contribution in [0.25, 0.3) is 0 Å². The summed E-state index contributed by atoms with van der Waals surface area (Å²) >= 11 is 0. The molecule has 1 fully saturated rings. The number of hydrogen-bond donors (Lipinski definition) is 3. The lowest BCUT2D eigenvalue weighted by atomic mass is 10.1. The van der Waals surface area contributed by atoms with Gasteiger partial charge in [0.15, 0.2) is 0 Å². The normalized spacial score (nSPS) is 14.6. The van der Waals surface area contributed by atoms with Gasteiger partial charge in [0.25, 0.3) is 5.91 Å². The number of urea groups is 1. The van der Waals surface area contributed by atoms with Crippen LogP contribution < -0.4 is 20.9 Å². The average molecular weight is 480 g/mol. The summed E-state index contributed by atoms with van der Waals surface area (Å²) in [6, 6.07) is 5.40. The molecule has 0 spiro atoms. The maximum absolute atomic E-state index is 13.3. The van der Waals surface area contributed by atoms with Crippen molar-refractivity contribution in [3.8, 4) is 0 Å². The number of aryl methyl sites for hydroxylation is 1. The molecule has 2 aromatic rings. The summed E-state index contributed by atoms with van der Waals surface area (Å²) in [6.45, 7) is 6.73. The van der Waals surface area contributed by atoms with Crippen LogP contribution in [0.5, 0.6) is 0 Å². The Labute approximate surface area is 195 Å². The molecule has 1 aliphatic rings. The zero-order valence-electron chi connectivity index (χ0n) is 19.3. The van der Waals surface area contributed by atoms with Crippen molar-refractivity contribution in [1.29, 1.82) is 0 Å². The first-order valence-electron chi connectivity index (χ1n) is 10.9. The van der Waals surface area contributed by atoms with Gasteiger partial charge in [-0.1, -0.05) is 0 Å². The number of hydrogen-bond acceptors (Lipinski definition) is 6. The lowest BCUT2D eigenvalue weighted by Gasteiger charge is -2.36. The Morgan fingerprint density at radius 2 is 1.79 bits per heavy atom. The van der Waals surface area contributed by atoms with E-state index in [2.05, 4.69) is 30.8 Å². The molecule has 184 valence electrons. The number of piperazine rings is 1. The van der Waals surface area contributed by atoms with Gasteiger partial charge in [-0.25, -0.2) is 14.8 Å². The lowest BCUT2D eigenvalue weighted by Crippen LogP contribution is -2.46. The minimum atomic E-state index is -4.63. The fourth-order valence-corrected chi connectivity index (χ4v) is 3.76. The highest BCUT2D eigenvalue weighted by molar-refractivity contribution is 5.92. The lowest BCUT2D eigenvalue weighted by molar-refractivity contribution is -0.141. The molecule has 9 nitrogen and oxygen atoms in total. The fourth-order valence-electron chi connectivity index (χ4n) is 3.76. The van der Waals surface area contributed by atoms with E-state index in [1.807, 2.05) is 17.9 Å². The standard InChI is InChI=1S/C22H28F3N7O2/c1-4-27-21(34)30-19-12-15(11-18(29-19)22(23,24)25)13-31-7-9-32(10-8-31)17-6-5-16(20(33)26-3)28-14(17)2/h5-6,11-12H,4,7-10,13H2,1-3H3,(H,26,33)(H2,27,29,30,34). The van der Waals surface area contributed by atoms with Crippen LogP contribution in [0.15, 0.2) is 24.3 Å². The van der Waals surface area contributed by atoms with Crippen molar-refractivity contribution in [1.82, 2.24) is 25.5 Å². The second-order valence-corrected chi connectivity index (χ2v) is 7.87. The van der Waals surface area contributed by atoms with Gasteiger partial charge >= 0.3 is 12.2 Å². The molecule has 0 bridgehead atoms. The molecular weight excluding hydrogens is 451 g/mol. The van der Waals surface area contributed by atoms with Gasteiger partial charge in [0, 0.05) is 46.3 Å². The first kappa shape index (κ1) is 25.2. The van der Waals surface area contributed by atoms with Crippen molar-refractivity contribution < 1.29 is 22.8 Å². The average Bonchev–Trinajstić information content (AvgIpc) is 2.78. The highest BCUT2D eigenvalue weighted by Gasteiger charge is 2.33. The van der Waals surface area contributed by atoms with Crippen molar-refractivity contribution in [3.63, 3.8) is 0 Å². The Kier molecular flexibility index (Phi) is 7.92. The summed E-state index contributed by atoms with van der Waals surface area (Å²) in [5.41, 5.74) is 1.37. The third kappa shape index (κ3) is 6.34. The van der Waals surface area contributed by atoms with Crippen LogP contribution in [0.4, 0.5) is 29.5 Å². The van der Waals surface area contributed by atoms with E-state index in [4.69, 9.17) is 0 Å². The van der Waals surface area contributed by atoms with Gasteiger partial charge < -0.3 is 15.5 Å². The number of carbonyl (C=O) groups is 2. The fraction of sp³-hybridized carbons (Fsp3) is 0.455. The predicted octanol–water partition coefficient (Wildman–Crippen LogP) is 2.63. The number of rotatable bonds is 6. The van der Waals surface area contributed by atoms with E-state index in [9.17, 15) is 22.8 Å². The maximum Gasteiger partial charge on any atom is 0.433 e. The van der Waals surface area contributed by atoms with E-state index in [0.29, 0.717) is 44.0 Å². The smallest absolute Gasteiger partial charge is 0.368 e. The molecule has 34 heavy (non-hydrogen) atoms. The molecule has 0 unspecified atom stereocenters. The van der Waals surface area contributed by atoms with Gasteiger partial charge in [0.1, 0.15) is 17.2 Å². The Balaban J connectivity index is 1.68. The molecule has 2 aromatic heterocycles. The van der Waals surface area contributed by atoms with Crippen LogP contribution in [0.2, 0.25) is 0 Å². The van der Waals surface area contributed by atoms with E-state index in [1.165, 1.54) is 6.07 Å². The van der Waals surface area contributed by atoms with Crippen molar-refractivity contribution in [2.24, 2.45) is 0 Å². The molecule has 3 amide bonds. The molecule has 0 aromatic carbocycles. The van der Waals surface area contributed by atoms with E-state index in [-0.39, 0.29) is 18.3 Å². The van der Waals surface area contributed by atoms with Crippen molar-refractivity contribution >= 4 is 23.4 Å². The van der Waals surface area contributed by atoms with Crippen LogP contribution in [0.1, 0.15) is 34.4 Å². The molecule has 3 N–H and O–H groups in total. The topological polar surface area (TPSA) is 102 Å². The molecule has 0 aliphatic carbocycles. The highest BCUT2D eigenvalue weighted by atomic mass is 19.4. The van der Waals surface area contributed by atoms with E-state index < -0.39 is 17.9 Å². The number of anilines is 2. The summed E-state index contributed by atoms with van der Waals surface area (Å²) in [7, 11) is 1.55. The largest absolute Gasteiger partial charge is 0.433 e. The van der Waals surface area contributed by atoms with E-state index in [1.54, 1.807) is 20.0 Å². The van der Waals surface area contributed by atoms with Gasteiger partial charge in [-0.3, -0.25) is 15.0 Å². The van der Waals surface area contributed by atoms with E-state index >= 15 is 0 Å². The highest BCUT2D eigenvalue weighted by Crippen LogP contribution is 2.30. The summed E-state index contributed by atoms with van der Waals surface area (Å²) in [5, 5.41) is 7.38. The summed E-state index contributed by atoms with van der Waals surface area (Å²) in [4.78, 5) is 35.6. The van der Waals surface area contributed by atoms with Crippen molar-refractivity contribution in [2.45, 2.75) is 26.6 Å². The number of nitrogens with zero attached hydrogens (tertiary/aromatic N) is 4. The minimum absolute atomic E-state index is 0.146. The molecule has 0 radical (unpaired) electrons. The first-order chi connectivity index (χ1) is 16.1. The van der Waals surface area contributed by atoms with Gasteiger partial charge in [0.05, 0.1) is 11.4 Å². The van der Waals surface area contributed by atoms with Gasteiger partial charge in [-0.15, -0.1) is 0 Å². The van der Waals surface area contributed by atoms with Gasteiger partial charge in [-0.05, 0) is 43.7 Å². The number of amides is 3. The van der Waals surface area contributed by atoms with E-state index in [0.717, 1.165) is 17.4 Å². The summed E-state index contributed by atoms with van der Waals surface area (Å²) in [5.74, 6) is -0.400. The minimum Gasteiger partial charge on any atom is -0.368 e. The van der Waals surface area contributed by atoms with Crippen molar-refractivity contribution in [2.75, 3.05) is 50.0 Å². The second kappa shape index (κ2) is 10.7. The number of pyridine rings is 2. The molecule has 0 saturated carbocycles. The Morgan fingerprint density at radius 3 is 2.38 bits per heavy atom. The predicted molar refractivity (Wildman–Crippen MR) is 122 cm³/mol. The van der Waals surface area contributed by atoms with Crippen LogP contribution in [0.3, 0.4) is 0 Å². The molecular formula is C22H28F3N7O2. The molecule has 1 aliphatic heterocycles. The number of halogens is 3. The Morgan fingerprint density at radius 1 is 1.09 bits per heavy atom. The maximum atomic E-state index is 13.3. The molecule has 3 heterocycles. The number of nitrogens with one attached hydrogen (secondary N) is 3.